The van der Waals surface area contributed by atoms with Gasteiger partial charge in [-0.1, -0.05) is 6.07 Å². The number of hydrogen-bond acceptors (Lipinski definition) is 3. The number of alkyl halides is 3. The Hall–Kier alpha value is -1.01. The second-order valence-electron chi connectivity index (χ2n) is 3.57. The molecule has 0 aliphatic heterocycles. The molecule has 1 rings (SSSR count). The van der Waals surface area contributed by atoms with E-state index in [-0.39, 0.29) is 10.5 Å². The summed E-state index contributed by atoms with van der Waals surface area (Å²) < 4.78 is 43.2. The minimum absolute atomic E-state index is 0.0311. The molecule has 0 bridgehead atoms. The Labute approximate surface area is 108 Å². The van der Waals surface area contributed by atoms with Crippen LogP contribution in [-0.4, -0.2) is 25.8 Å². The van der Waals surface area contributed by atoms with Crippen molar-refractivity contribution < 1.29 is 22.7 Å². The van der Waals surface area contributed by atoms with E-state index in [0.29, 0.717) is 25.1 Å². The molecule has 0 N–H and O–H groups in total. The lowest BCUT2D eigenvalue weighted by Crippen LogP contribution is -2.08. The summed E-state index contributed by atoms with van der Waals surface area (Å²) in [6.45, 7) is 0.515. The molecule has 0 saturated heterocycles. The van der Waals surface area contributed by atoms with Gasteiger partial charge >= 0.3 is 6.18 Å². The average Bonchev–Trinajstić information content (AvgIpc) is 2.33. The van der Waals surface area contributed by atoms with Crippen molar-refractivity contribution in [3.63, 3.8) is 0 Å². The van der Waals surface area contributed by atoms with Gasteiger partial charge in [0.25, 0.3) is 0 Å². The second kappa shape index (κ2) is 6.80. The van der Waals surface area contributed by atoms with Crippen molar-refractivity contribution in [1.29, 1.82) is 0 Å². The Kier molecular flexibility index (Phi) is 5.68. The fourth-order valence-corrected chi connectivity index (χ4v) is 2.33. The molecule has 0 heterocycles. The lowest BCUT2D eigenvalue weighted by molar-refractivity contribution is -0.139. The van der Waals surface area contributed by atoms with Crippen molar-refractivity contribution in [3.8, 4) is 0 Å². The van der Waals surface area contributed by atoms with E-state index >= 15 is 0 Å². The van der Waals surface area contributed by atoms with Gasteiger partial charge in [-0.15, -0.1) is 11.8 Å². The molecule has 0 unspecified atom stereocenters. The van der Waals surface area contributed by atoms with Crippen molar-refractivity contribution in [2.24, 2.45) is 0 Å². The summed E-state index contributed by atoms with van der Waals surface area (Å²) in [4.78, 5) is 10.6. The van der Waals surface area contributed by atoms with Gasteiger partial charge in [0.2, 0.25) is 0 Å². The van der Waals surface area contributed by atoms with E-state index in [1.807, 2.05) is 0 Å². The highest BCUT2D eigenvalue weighted by molar-refractivity contribution is 7.99. The third kappa shape index (κ3) is 4.34. The summed E-state index contributed by atoms with van der Waals surface area (Å²) >= 11 is 1.12. The molecule has 0 saturated carbocycles. The molecule has 2 nitrogen and oxygen atoms in total. The van der Waals surface area contributed by atoms with E-state index in [1.54, 1.807) is 7.11 Å². The van der Waals surface area contributed by atoms with Crippen LogP contribution in [0.4, 0.5) is 13.2 Å². The zero-order chi connectivity index (χ0) is 13.6. The molecule has 1 aromatic carbocycles. The van der Waals surface area contributed by atoms with Crippen molar-refractivity contribution in [1.82, 2.24) is 0 Å². The van der Waals surface area contributed by atoms with Crippen LogP contribution in [0.25, 0.3) is 0 Å². The van der Waals surface area contributed by atoms with Gasteiger partial charge in [0, 0.05) is 29.9 Å². The molecule has 18 heavy (non-hydrogen) atoms. The first-order valence-corrected chi connectivity index (χ1v) is 6.25. The number of rotatable bonds is 6. The van der Waals surface area contributed by atoms with Crippen molar-refractivity contribution in [2.75, 3.05) is 19.5 Å². The second-order valence-corrected chi connectivity index (χ2v) is 4.70. The maximum Gasteiger partial charge on any atom is 0.417 e. The molecule has 0 aliphatic rings. The SMILES string of the molecule is COCCCSc1ccc(C=O)cc1C(F)(F)F. The highest BCUT2D eigenvalue weighted by Gasteiger charge is 2.33. The molecule has 0 radical (unpaired) electrons. The first-order valence-electron chi connectivity index (χ1n) is 5.27. The van der Waals surface area contributed by atoms with E-state index in [9.17, 15) is 18.0 Å². The molecule has 6 heteroatoms. The molecule has 100 valence electrons. The van der Waals surface area contributed by atoms with Gasteiger partial charge in [0.1, 0.15) is 6.29 Å². The van der Waals surface area contributed by atoms with Crippen LogP contribution in [0.15, 0.2) is 23.1 Å². The zero-order valence-corrected chi connectivity index (χ0v) is 10.6. The van der Waals surface area contributed by atoms with Crippen molar-refractivity contribution >= 4 is 18.0 Å². The molecular formula is C12H13F3O2S. The van der Waals surface area contributed by atoms with Crippen LogP contribution in [0.2, 0.25) is 0 Å². The molecular weight excluding hydrogens is 265 g/mol. The lowest BCUT2D eigenvalue weighted by Gasteiger charge is -2.12. The Morgan fingerprint density at radius 1 is 1.39 bits per heavy atom. The Balaban J connectivity index is 2.86. The Morgan fingerprint density at radius 3 is 2.67 bits per heavy atom. The number of ether oxygens (including phenoxy) is 1. The van der Waals surface area contributed by atoms with E-state index in [4.69, 9.17) is 4.74 Å². The number of aldehydes is 1. The molecule has 0 aliphatic carbocycles. The van der Waals surface area contributed by atoms with Crippen LogP contribution >= 0.6 is 11.8 Å². The van der Waals surface area contributed by atoms with Gasteiger partial charge in [0.15, 0.2) is 0 Å². The van der Waals surface area contributed by atoms with Crippen LogP contribution in [0.1, 0.15) is 22.3 Å². The van der Waals surface area contributed by atoms with Crippen LogP contribution in [0.3, 0.4) is 0 Å². The van der Waals surface area contributed by atoms with E-state index < -0.39 is 11.7 Å². The molecule has 0 fully saturated rings. The van der Waals surface area contributed by atoms with Crippen molar-refractivity contribution in [2.45, 2.75) is 17.5 Å². The Bertz CT molecular complexity index is 405. The summed E-state index contributed by atoms with van der Waals surface area (Å²) in [6.07, 6.45) is -3.36. The molecule has 0 amide bonds. The minimum Gasteiger partial charge on any atom is -0.385 e. The topological polar surface area (TPSA) is 26.3 Å². The Morgan fingerprint density at radius 2 is 2.11 bits per heavy atom. The van der Waals surface area contributed by atoms with Gasteiger partial charge in [-0.3, -0.25) is 4.79 Å². The van der Waals surface area contributed by atoms with E-state index in [2.05, 4.69) is 0 Å². The number of carbonyl (C=O) groups excluding carboxylic acids is 1. The normalized spacial score (nSPS) is 11.6. The van der Waals surface area contributed by atoms with E-state index in [0.717, 1.165) is 17.8 Å². The van der Waals surface area contributed by atoms with Gasteiger partial charge in [-0.05, 0) is 18.6 Å². The highest BCUT2D eigenvalue weighted by Crippen LogP contribution is 2.37. The van der Waals surface area contributed by atoms with Gasteiger partial charge in [-0.2, -0.15) is 13.2 Å². The van der Waals surface area contributed by atoms with Crippen molar-refractivity contribution in [3.05, 3.63) is 29.3 Å². The molecule has 0 spiro atoms. The number of benzene rings is 1. The monoisotopic (exact) mass is 278 g/mol. The maximum absolute atomic E-state index is 12.8. The zero-order valence-electron chi connectivity index (χ0n) is 9.79. The number of methoxy groups -OCH3 is 1. The van der Waals surface area contributed by atoms with Crippen LogP contribution in [0.5, 0.6) is 0 Å². The predicted molar refractivity (Wildman–Crippen MR) is 64.0 cm³/mol. The maximum atomic E-state index is 12.8. The third-order valence-electron chi connectivity index (χ3n) is 2.20. The summed E-state index contributed by atoms with van der Waals surface area (Å²) in [6, 6.07) is 3.61. The van der Waals surface area contributed by atoms with Crippen LogP contribution in [0, 0.1) is 0 Å². The lowest BCUT2D eigenvalue weighted by atomic mass is 10.1. The highest BCUT2D eigenvalue weighted by atomic mass is 32.2. The summed E-state index contributed by atoms with van der Waals surface area (Å²) in [7, 11) is 1.55. The third-order valence-corrected chi connectivity index (χ3v) is 3.36. The largest absolute Gasteiger partial charge is 0.417 e. The number of carbonyl (C=O) groups is 1. The molecule has 0 atom stereocenters. The number of thioether (sulfide) groups is 1. The minimum atomic E-state index is -4.44. The van der Waals surface area contributed by atoms with Gasteiger partial charge < -0.3 is 4.74 Å². The summed E-state index contributed by atoms with van der Waals surface area (Å²) in [5.41, 5.74) is -0.724. The smallest absolute Gasteiger partial charge is 0.385 e. The number of halogens is 3. The molecule has 1 aromatic rings. The molecule has 0 aromatic heterocycles. The average molecular weight is 278 g/mol. The number of hydrogen-bond donors (Lipinski definition) is 0. The standard InChI is InChI=1S/C12H13F3O2S/c1-17-5-2-6-18-11-4-3-9(8-16)7-10(11)12(13,14)15/h3-4,7-8H,2,5-6H2,1H3. The summed E-state index contributed by atoms with van der Waals surface area (Å²) in [5.74, 6) is 0.539. The first-order chi connectivity index (χ1) is 8.49. The van der Waals surface area contributed by atoms with E-state index in [1.165, 1.54) is 12.1 Å². The van der Waals surface area contributed by atoms with Gasteiger partial charge in [0.05, 0.1) is 5.56 Å². The predicted octanol–water partition coefficient (Wildman–Crippen LogP) is 3.65. The first kappa shape index (κ1) is 15.0. The fourth-order valence-electron chi connectivity index (χ4n) is 1.35. The quantitative estimate of drug-likeness (QED) is 0.451. The van der Waals surface area contributed by atoms with Crippen LogP contribution in [-0.2, 0) is 10.9 Å². The van der Waals surface area contributed by atoms with Crippen LogP contribution < -0.4 is 0 Å². The van der Waals surface area contributed by atoms with Gasteiger partial charge in [-0.25, -0.2) is 0 Å². The fraction of sp³-hybridized carbons (Fsp3) is 0.417. The summed E-state index contributed by atoms with van der Waals surface area (Å²) in [5, 5.41) is 0.